The molecule has 1 amide bonds. The molecule has 3 heterocycles. The number of amides is 1. The van der Waals surface area contributed by atoms with Gasteiger partial charge in [0.2, 0.25) is 10.0 Å². The smallest absolute Gasteiger partial charge is 0.260 e. The normalized spacial score (nSPS) is 29.8. The van der Waals surface area contributed by atoms with E-state index in [1.54, 1.807) is 4.90 Å². The summed E-state index contributed by atoms with van der Waals surface area (Å²) >= 11 is 0. The zero-order valence-corrected chi connectivity index (χ0v) is 18.3. The number of nitrogens with one attached hydrogen (secondary N) is 1. The molecule has 1 unspecified atom stereocenters. The number of nitrogens with zero attached hydrogens (tertiary/aromatic N) is 1. The van der Waals surface area contributed by atoms with Crippen LogP contribution in [0, 0.1) is 11.6 Å². The maximum Gasteiger partial charge on any atom is 0.260 e. The van der Waals surface area contributed by atoms with Gasteiger partial charge in [-0.05, 0) is 50.5 Å². The van der Waals surface area contributed by atoms with Crippen LogP contribution in [0.15, 0.2) is 12.1 Å². The average Bonchev–Trinajstić information content (AvgIpc) is 2.71. The molecule has 5 rings (SSSR count). The van der Waals surface area contributed by atoms with E-state index in [-0.39, 0.29) is 30.3 Å². The van der Waals surface area contributed by atoms with Gasteiger partial charge in [0.05, 0.1) is 25.0 Å². The van der Waals surface area contributed by atoms with Crippen LogP contribution < -0.4 is 9.46 Å². The van der Waals surface area contributed by atoms with Gasteiger partial charge in [-0.3, -0.25) is 4.79 Å². The largest absolute Gasteiger partial charge is 0.480 e. The Hall–Kier alpha value is -1.78. The predicted octanol–water partition coefficient (Wildman–Crippen LogP) is 2.31. The van der Waals surface area contributed by atoms with Crippen LogP contribution in [0.5, 0.6) is 5.75 Å². The molecule has 0 spiro atoms. The molecule has 1 aromatic carbocycles. The van der Waals surface area contributed by atoms with E-state index in [9.17, 15) is 22.0 Å². The fourth-order valence-electron chi connectivity index (χ4n) is 5.01. The third-order valence-electron chi connectivity index (χ3n) is 6.46. The van der Waals surface area contributed by atoms with Crippen molar-refractivity contribution in [2.24, 2.45) is 0 Å². The quantitative estimate of drug-likeness (QED) is 0.735. The van der Waals surface area contributed by atoms with E-state index < -0.39 is 40.3 Å². The Morgan fingerprint density at radius 3 is 2.58 bits per heavy atom. The molecule has 3 aliphatic heterocycles. The SMILES string of the molecule is CS(=O)(=O)N[C@H]1CCCN2C(=O)COc3c(F)cc(F)cc3C3CCC(CC3)OCC12. The van der Waals surface area contributed by atoms with E-state index in [1.807, 2.05) is 0 Å². The van der Waals surface area contributed by atoms with E-state index in [0.717, 1.165) is 12.3 Å². The Balaban J connectivity index is 1.65. The first-order valence-corrected chi connectivity index (χ1v) is 12.6. The number of halogens is 2. The second-order valence-electron chi connectivity index (χ2n) is 8.69. The van der Waals surface area contributed by atoms with Crippen LogP contribution in [0.3, 0.4) is 0 Å². The molecule has 1 saturated carbocycles. The molecule has 2 fully saturated rings. The van der Waals surface area contributed by atoms with Crippen molar-refractivity contribution in [3.63, 3.8) is 0 Å². The van der Waals surface area contributed by atoms with Crippen LogP contribution in [0.2, 0.25) is 0 Å². The standard InChI is InChI=1S/C21H28F2N2O5S/c1-31(27,28)24-18-3-2-8-25-19(18)11-29-15-6-4-13(5-7-15)16-9-14(22)10-17(23)21(16)30-12-20(25)26/h9-10,13,15,18-19,24H,2-8,11-12H2,1H3/t13?,15?,18-,19?/m0/s1. The van der Waals surface area contributed by atoms with Crippen LogP contribution in [0.4, 0.5) is 8.78 Å². The van der Waals surface area contributed by atoms with Crippen molar-refractivity contribution >= 4 is 15.9 Å². The van der Waals surface area contributed by atoms with E-state index in [4.69, 9.17) is 9.47 Å². The first-order valence-electron chi connectivity index (χ1n) is 10.7. The second kappa shape index (κ2) is 8.99. The molecule has 0 radical (unpaired) electrons. The van der Waals surface area contributed by atoms with Gasteiger partial charge in [0.15, 0.2) is 18.2 Å². The van der Waals surface area contributed by atoms with Crippen molar-refractivity contribution in [2.75, 3.05) is 26.0 Å². The summed E-state index contributed by atoms with van der Waals surface area (Å²) in [7, 11) is -3.47. The molecular formula is C21H28F2N2O5S. The molecule has 0 aromatic heterocycles. The number of hydrogen-bond donors (Lipinski definition) is 1. The lowest BCUT2D eigenvalue weighted by atomic mass is 9.82. The van der Waals surface area contributed by atoms with Crippen molar-refractivity contribution in [2.45, 2.75) is 62.6 Å². The van der Waals surface area contributed by atoms with Crippen molar-refractivity contribution in [3.05, 3.63) is 29.3 Å². The first kappa shape index (κ1) is 22.4. The van der Waals surface area contributed by atoms with Crippen molar-refractivity contribution in [3.8, 4) is 5.75 Å². The summed E-state index contributed by atoms with van der Waals surface area (Å²) in [6.07, 6.45) is 5.08. The van der Waals surface area contributed by atoms with Gasteiger partial charge < -0.3 is 14.4 Å². The molecule has 7 nitrogen and oxygen atoms in total. The molecule has 4 aliphatic rings. The fourth-order valence-corrected chi connectivity index (χ4v) is 5.84. The molecule has 31 heavy (non-hydrogen) atoms. The number of fused-ring (bicyclic) bond motifs is 5. The third kappa shape index (κ3) is 5.18. The summed E-state index contributed by atoms with van der Waals surface area (Å²) in [5.74, 6) is -2.01. The number of hydrogen-bond acceptors (Lipinski definition) is 5. The molecule has 1 aromatic rings. The third-order valence-corrected chi connectivity index (χ3v) is 7.19. The lowest BCUT2D eigenvalue weighted by molar-refractivity contribution is -0.140. The van der Waals surface area contributed by atoms with Crippen molar-refractivity contribution in [1.29, 1.82) is 0 Å². The summed E-state index contributed by atoms with van der Waals surface area (Å²) in [4.78, 5) is 14.6. The Morgan fingerprint density at radius 2 is 1.87 bits per heavy atom. The minimum absolute atomic E-state index is 0.0439. The molecule has 2 bridgehead atoms. The van der Waals surface area contributed by atoms with Crippen LogP contribution in [0.25, 0.3) is 0 Å². The van der Waals surface area contributed by atoms with Crippen molar-refractivity contribution < 1.29 is 31.5 Å². The lowest BCUT2D eigenvalue weighted by Crippen LogP contribution is -2.59. The Bertz CT molecular complexity index is 934. The number of sulfonamides is 1. The first-order chi connectivity index (χ1) is 14.7. The maximum atomic E-state index is 14.6. The molecule has 10 heteroatoms. The highest BCUT2D eigenvalue weighted by Crippen LogP contribution is 2.40. The van der Waals surface area contributed by atoms with E-state index in [0.29, 0.717) is 50.6 Å². The highest BCUT2D eigenvalue weighted by molar-refractivity contribution is 7.88. The molecule has 1 N–H and O–H groups in total. The molecule has 2 atom stereocenters. The number of carbonyl (C=O) groups excluding carboxylic acids is 1. The zero-order valence-electron chi connectivity index (χ0n) is 17.5. The van der Waals surface area contributed by atoms with Gasteiger partial charge >= 0.3 is 0 Å². The summed E-state index contributed by atoms with van der Waals surface area (Å²) in [5, 5.41) is 0. The summed E-state index contributed by atoms with van der Waals surface area (Å²) < 4.78 is 66.6. The van der Waals surface area contributed by atoms with Gasteiger partial charge in [-0.2, -0.15) is 0 Å². The van der Waals surface area contributed by atoms with Gasteiger partial charge in [-0.1, -0.05) is 0 Å². The Labute approximate surface area is 181 Å². The zero-order chi connectivity index (χ0) is 22.2. The van der Waals surface area contributed by atoms with Crippen LogP contribution in [-0.2, 0) is 19.6 Å². The highest BCUT2D eigenvalue weighted by atomic mass is 32.2. The predicted molar refractivity (Wildman–Crippen MR) is 109 cm³/mol. The Kier molecular flexibility index (Phi) is 6.50. The van der Waals surface area contributed by atoms with Gasteiger partial charge in [-0.25, -0.2) is 21.9 Å². The summed E-state index contributed by atoms with van der Waals surface area (Å²) in [6, 6.07) is 1.12. The average molecular weight is 459 g/mol. The molecular weight excluding hydrogens is 430 g/mol. The number of benzene rings is 1. The number of ether oxygens (including phenoxy) is 2. The van der Waals surface area contributed by atoms with E-state index in [1.165, 1.54) is 6.07 Å². The van der Waals surface area contributed by atoms with Crippen LogP contribution in [-0.4, -0.2) is 63.4 Å². The second-order valence-corrected chi connectivity index (χ2v) is 10.5. The highest BCUT2D eigenvalue weighted by Gasteiger charge is 2.38. The minimum atomic E-state index is -3.47. The van der Waals surface area contributed by atoms with Crippen LogP contribution >= 0.6 is 0 Å². The van der Waals surface area contributed by atoms with E-state index >= 15 is 0 Å². The van der Waals surface area contributed by atoms with Gasteiger partial charge in [0, 0.05) is 24.2 Å². The van der Waals surface area contributed by atoms with Gasteiger partial charge in [0.1, 0.15) is 5.82 Å². The number of piperidine rings is 1. The monoisotopic (exact) mass is 458 g/mol. The van der Waals surface area contributed by atoms with Gasteiger partial charge in [0.25, 0.3) is 5.91 Å². The summed E-state index contributed by atoms with van der Waals surface area (Å²) in [6.45, 7) is 0.238. The maximum absolute atomic E-state index is 14.6. The lowest BCUT2D eigenvalue weighted by Gasteiger charge is -2.41. The fraction of sp³-hybridized carbons (Fsp3) is 0.667. The minimum Gasteiger partial charge on any atom is -0.480 e. The Morgan fingerprint density at radius 1 is 1.13 bits per heavy atom. The number of carbonyl (C=O) groups is 1. The van der Waals surface area contributed by atoms with Gasteiger partial charge in [-0.15, -0.1) is 0 Å². The number of rotatable bonds is 2. The molecule has 1 aliphatic carbocycles. The topological polar surface area (TPSA) is 84.9 Å². The summed E-state index contributed by atoms with van der Waals surface area (Å²) in [5.41, 5.74) is 0.454. The van der Waals surface area contributed by atoms with Crippen LogP contribution in [0.1, 0.15) is 50.0 Å². The molecule has 1 saturated heterocycles. The molecule has 172 valence electrons. The van der Waals surface area contributed by atoms with E-state index in [2.05, 4.69) is 4.72 Å². The van der Waals surface area contributed by atoms with Crippen molar-refractivity contribution in [1.82, 2.24) is 9.62 Å².